The van der Waals surface area contributed by atoms with Crippen LogP contribution in [0.4, 0.5) is 0 Å². The molecule has 1 saturated heterocycles. The molecular formula is C18H33AcNO3. The van der Waals surface area contributed by atoms with E-state index in [2.05, 4.69) is 0 Å². The molecule has 3 unspecified atom stereocenters. The minimum atomic E-state index is -0.757. The third-order valence-electron chi connectivity index (χ3n) is 4.86. The molecular weight excluding hydrogens is 505 g/mol. The number of carbonyl (C=O) groups is 2. The summed E-state index contributed by atoms with van der Waals surface area (Å²) in [4.78, 5) is 25.3. The molecule has 0 amide bonds. The molecule has 0 spiro atoms. The van der Waals surface area contributed by atoms with Crippen LogP contribution in [0.2, 0.25) is 0 Å². The van der Waals surface area contributed by atoms with Gasteiger partial charge in [-0.05, 0) is 32.4 Å². The van der Waals surface area contributed by atoms with Crippen LogP contribution >= 0.6 is 0 Å². The maximum atomic E-state index is 12.6. The van der Waals surface area contributed by atoms with Gasteiger partial charge in [-0.1, -0.05) is 45.4 Å². The Morgan fingerprint density at radius 2 is 1.65 bits per heavy atom. The Balaban J connectivity index is 0.00000484. The van der Waals surface area contributed by atoms with Crippen LogP contribution in [0, 0.1) is 50.0 Å². The molecule has 1 radical (unpaired) electrons. The van der Waals surface area contributed by atoms with Crippen LogP contribution in [0.3, 0.4) is 0 Å². The monoisotopic (exact) mass is 538 g/mol. The van der Waals surface area contributed by atoms with Crippen LogP contribution in [0.15, 0.2) is 0 Å². The van der Waals surface area contributed by atoms with Crippen molar-refractivity contribution in [3.05, 3.63) is 0 Å². The minimum Gasteiger partial charge on any atom is -0.391 e. The normalized spacial score (nSPS) is 25.2. The zero-order valence-electron chi connectivity index (χ0n) is 14.9. The van der Waals surface area contributed by atoms with E-state index in [1.165, 1.54) is 32.1 Å². The van der Waals surface area contributed by atoms with Gasteiger partial charge in [-0.15, -0.1) is 0 Å². The molecule has 0 saturated carbocycles. The van der Waals surface area contributed by atoms with Crippen LogP contribution in [-0.4, -0.2) is 47.8 Å². The SMILES string of the molecule is CC(CC=O)C(O)C1C(=O)CCCCCCCCCCN1C.[Ac]. The maximum Gasteiger partial charge on any atom is 0.152 e. The topological polar surface area (TPSA) is 57.6 Å². The molecule has 0 aliphatic carbocycles. The van der Waals surface area contributed by atoms with Crippen molar-refractivity contribution in [2.24, 2.45) is 5.92 Å². The van der Waals surface area contributed by atoms with Crippen LogP contribution in [0.5, 0.6) is 0 Å². The van der Waals surface area contributed by atoms with Crippen molar-refractivity contribution in [1.29, 1.82) is 0 Å². The fraction of sp³-hybridized carbons (Fsp3) is 0.889. The van der Waals surface area contributed by atoms with Gasteiger partial charge in [0, 0.05) is 56.9 Å². The largest absolute Gasteiger partial charge is 0.391 e. The molecule has 1 heterocycles. The smallest absolute Gasteiger partial charge is 0.152 e. The van der Waals surface area contributed by atoms with Gasteiger partial charge in [0.05, 0.1) is 12.1 Å². The Labute approximate surface area is 177 Å². The first-order valence-corrected chi connectivity index (χ1v) is 8.92. The predicted molar refractivity (Wildman–Crippen MR) is 88.8 cm³/mol. The van der Waals surface area contributed by atoms with Crippen molar-refractivity contribution in [2.45, 2.75) is 83.3 Å². The Morgan fingerprint density at radius 3 is 2.22 bits per heavy atom. The number of aliphatic hydroxyl groups excluding tert-OH is 1. The standard InChI is InChI=1S/C18H33NO3.Ac/c1-15(12-14-20)18(22)17-16(21)11-9-7-5-3-4-6-8-10-13-19(17)2;/h14-15,17-18,22H,3-13H2,1-2H3;. The second-order valence-corrected chi connectivity index (χ2v) is 6.84. The molecule has 1 rings (SSSR count). The summed E-state index contributed by atoms with van der Waals surface area (Å²) in [5.74, 6) is -0.0448. The van der Waals surface area contributed by atoms with E-state index in [1.54, 1.807) is 0 Å². The Bertz CT molecular complexity index is 338. The van der Waals surface area contributed by atoms with E-state index in [-0.39, 0.29) is 55.8 Å². The van der Waals surface area contributed by atoms with Crippen LogP contribution in [-0.2, 0) is 9.59 Å². The fourth-order valence-corrected chi connectivity index (χ4v) is 3.31. The van der Waals surface area contributed by atoms with Gasteiger partial charge >= 0.3 is 0 Å². The molecule has 1 fully saturated rings. The number of aliphatic hydroxyl groups is 1. The summed E-state index contributed by atoms with van der Waals surface area (Å²) in [5.41, 5.74) is 0. The summed E-state index contributed by atoms with van der Waals surface area (Å²) in [5, 5.41) is 10.6. The molecule has 131 valence electrons. The number of likely N-dealkylation sites (N-methyl/N-ethyl adjacent to an activating group) is 1. The third kappa shape index (κ3) is 9.10. The van der Waals surface area contributed by atoms with Crippen molar-refractivity contribution in [1.82, 2.24) is 4.90 Å². The van der Waals surface area contributed by atoms with Gasteiger partial charge in [0.2, 0.25) is 0 Å². The number of nitrogens with zero attached hydrogens (tertiary/aromatic N) is 1. The maximum absolute atomic E-state index is 12.6. The minimum absolute atomic E-state index is 0. The first-order valence-electron chi connectivity index (χ1n) is 8.92. The number of carbonyl (C=O) groups excluding carboxylic acids is 2. The molecule has 3 atom stereocenters. The van der Waals surface area contributed by atoms with Gasteiger partial charge in [0.25, 0.3) is 0 Å². The van der Waals surface area contributed by atoms with Crippen LogP contribution in [0.25, 0.3) is 0 Å². The van der Waals surface area contributed by atoms with Crippen molar-refractivity contribution in [3.63, 3.8) is 0 Å². The number of ketones is 1. The average Bonchev–Trinajstić information content (AvgIpc) is 2.50. The van der Waals surface area contributed by atoms with Gasteiger partial charge in [-0.2, -0.15) is 0 Å². The molecule has 1 aliphatic heterocycles. The summed E-state index contributed by atoms with van der Waals surface area (Å²) in [6.45, 7) is 2.68. The summed E-state index contributed by atoms with van der Waals surface area (Å²) in [6, 6.07) is -0.462. The van der Waals surface area contributed by atoms with E-state index in [9.17, 15) is 14.7 Å². The number of hydrogen-bond donors (Lipinski definition) is 1. The van der Waals surface area contributed by atoms with E-state index in [4.69, 9.17) is 0 Å². The number of rotatable bonds is 4. The van der Waals surface area contributed by atoms with E-state index in [1.807, 2.05) is 18.9 Å². The number of Topliss-reactive ketones (excluding diaryl/α,β-unsaturated/α-hetero) is 1. The van der Waals surface area contributed by atoms with Crippen molar-refractivity contribution in [2.75, 3.05) is 13.6 Å². The second kappa shape index (κ2) is 13.9. The Kier molecular flexibility index (Phi) is 14.4. The molecule has 5 heteroatoms. The summed E-state index contributed by atoms with van der Waals surface area (Å²) < 4.78 is 0. The Morgan fingerprint density at radius 1 is 1.13 bits per heavy atom. The molecule has 1 N–H and O–H groups in total. The number of aldehydes is 1. The van der Waals surface area contributed by atoms with Crippen molar-refractivity contribution < 1.29 is 58.8 Å². The summed E-state index contributed by atoms with van der Waals surface area (Å²) >= 11 is 0. The van der Waals surface area contributed by atoms with Gasteiger partial charge in [0.15, 0.2) is 5.78 Å². The van der Waals surface area contributed by atoms with Gasteiger partial charge in [0.1, 0.15) is 6.29 Å². The molecule has 23 heavy (non-hydrogen) atoms. The predicted octanol–water partition coefficient (Wildman–Crippen LogP) is 2.97. The molecule has 1 aliphatic rings. The fourth-order valence-electron chi connectivity index (χ4n) is 3.31. The molecule has 0 aromatic carbocycles. The van der Waals surface area contributed by atoms with E-state index < -0.39 is 12.1 Å². The van der Waals surface area contributed by atoms with E-state index >= 15 is 0 Å². The third-order valence-corrected chi connectivity index (χ3v) is 4.86. The van der Waals surface area contributed by atoms with E-state index in [0.29, 0.717) is 12.8 Å². The van der Waals surface area contributed by atoms with Crippen molar-refractivity contribution in [3.8, 4) is 0 Å². The quantitative estimate of drug-likeness (QED) is 0.560. The summed E-state index contributed by atoms with van der Waals surface area (Å²) in [7, 11) is 1.93. The Hall–Kier alpha value is 0.702. The van der Waals surface area contributed by atoms with E-state index in [0.717, 1.165) is 32.1 Å². The molecule has 0 bridgehead atoms. The zero-order valence-corrected chi connectivity index (χ0v) is 19.6. The molecule has 4 nitrogen and oxygen atoms in total. The zero-order chi connectivity index (χ0) is 16.4. The number of hydrogen-bond acceptors (Lipinski definition) is 4. The van der Waals surface area contributed by atoms with Crippen LogP contribution < -0.4 is 0 Å². The molecule has 0 aromatic heterocycles. The van der Waals surface area contributed by atoms with Gasteiger partial charge in [-0.3, -0.25) is 9.69 Å². The summed E-state index contributed by atoms with van der Waals surface area (Å²) in [6.07, 6.45) is 10.2. The van der Waals surface area contributed by atoms with Crippen LogP contribution in [0.1, 0.15) is 71.1 Å². The van der Waals surface area contributed by atoms with Gasteiger partial charge < -0.3 is 9.90 Å². The second-order valence-electron chi connectivity index (χ2n) is 6.84. The average molecular weight is 538 g/mol. The van der Waals surface area contributed by atoms with Crippen molar-refractivity contribution >= 4 is 12.1 Å². The first-order chi connectivity index (χ1) is 10.6. The van der Waals surface area contributed by atoms with Gasteiger partial charge in [-0.25, -0.2) is 0 Å². The molecule has 0 aromatic rings. The first kappa shape index (κ1) is 23.7.